The summed E-state index contributed by atoms with van der Waals surface area (Å²) < 4.78 is 5.51. The van der Waals surface area contributed by atoms with Crippen LogP contribution in [0.1, 0.15) is 5.69 Å². The molecule has 3 aromatic rings. The van der Waals surface area contributed by atoms with Crippen LogP contribution in [0.2, 0.25) is 5.15 Å². The fourth-order valence-electron chi connectivity index (χ4n) is 3.64. The summed E-state index contributed by atoms with van der Waals surface area (Å²) >= 11 is 6.45. The Hall–Kier alpha value is -2.83. The van der Waals surface area contributed by atoms with Crippen LogP contribution in [0.3, 0.4) is 0 Å². The van der Waals surface area contributed by atoms with Gasteiger partial charge in [-0.25, -0.2) is 9.97 Å². The van der Waals surface area contributed by atoms with Gasteiger partial charge in [0.2, 0.25) is 0 Å². The SMILES string of the molecule is Clc1ncccc1-c1cc(N2CCOCC2)nc2c(C3=CC=NC3)nccc12. The number of anilines is 1. The minimum Gasteiger partial charge on any atom is -0.378 e. The van der Waals surface area contributed by atoms with E-state index in [9.17, 15) is 0 Å². The highest BCUT2D eigenvalue weighted by Crippen LogP contribution is 2.36. The second-order valence-electron chi connectivity index (χ2n) is 6.71. The number of aliphatic imine (C=N–C) groups is 1. The number of pyridine rings is 3. The Morgan fingerprint density at radius 2 is 1.93 bits per heavy atom. The van der Waals surface area contributed by atoms with Gasteiger partial charge >= 0.3 is 0 Å². The van der Waals surface area contributed by atoms with Crippen molar-refractivity contribution in [3.05, 3.63) is 53.6 Å². The lowest BCUT2D eigenvalue weighted by Crippen LogP contribution is -2.36. The molecule has 1 saturated heterocycles. The van der Waals surface area contributed by atoms with Gasteiger partial charge in [-0.1, -0.05) is 11.6 Å². The van der Waals surface area contributed by atoms with Crippen molar-refractivity contribution < 1.29 is 4.74 Å². The molecule has 7 heteroatoms. The molecule has 0 aliphatic carbocycles. The standard InChI is InChI=1S/C21H18ClN5O/c22-21-16(2-1-5-25-21)17-12-18(27-8-10-28-11-9-27)26-20-15(17)4-7-24-19(20)14-3-6-23-13-14/h1-7,12H,8-11,13H2. The van der Waals surface area contributed by atoms with Gasteiger partial charge < -0.3 is 9.64 Å². The molecule has 5 heterocycles. The third kappa shape index (κ3) is 3.04. The second kappa shape index (κ2) is 7.30. The molecule has 0 aromatic carbocycles. The molecule has 0 N–H and O–H groups in total. The highest BCUT2D eigenvalue weighted by Gasteiger charge is 2.20. The van der Waals surface area contributed by atoms with Crippen molar-refractivity contribution in [1.82, 2.24) is 15.0 Å². The van der Waals surface area contributed by atoms with E-state index in [0.29, 0.717) is 24.9 Å². The molecule has 0 amide bonds. The number of fused-ring (bicyclic) bond motifs is 1. The van der Waals surface area contributed by atoms with Crippen LogP contribution in [0, 0.1) is 0 Å². The maximum Gasteiger partial charge on any atom is 0.136 e. The van der Waals surface area contributed by atoms with Crippen LogP contribution in [-0.2, 0) is 4.74 Å². The smallest absolute Gasteiger partial charge is 0.136 e. The van der Waals surface area contributed by atoms with Crippen LogP contribution in [0.5, 0.6) is 0 Å². The second-order valence-corrected chi connectivity index (χ2v) is 7.06. The summed E-state index contributed by atoms with van der Waals surface area (Å²) in [5, 5.41) is 1.48. The fraction of sp³-hybridized carbons (Fsp3) is 0.238. The number of rotatable bonds is 3. The molecule has 2 aliphatic rings. The molecule has 6 nitrogen and oxygen atoms in total. The predicted octanol–water partition coefficient (Wildman–Crippen LogP) is 3.65. The number of aromatic nitrogens is 3. The number of hydrogen-bond donors (Lipinski definition) is 0. The third-order valence-corrected chi connectivity index (χ3v) is 5.35. The van der Waals surface area contributed by atoms with Gasteiger partial charge in [-0.2, -0.15) is 0 Å². The van der Waals surface area contributed by atoms with Gasteiger partial charge in [0, 0.05) is 48.2 Å². The van der Waals surface area contributed by atoms with Crippen LogP contribution < -0.4 is 4.90 Å². The summed E-state index contributed by atoms with van der Waals surface area (Å²) in [6.45, 7) is 3.63. The summed E-state index contributed by atoms with van der Waals surface area (Å²) in [4.78, 5) is 20.5. The summed E-state index contributed by atoms with van der Waals surface area (Å²) in [5.41, 5.74) is 4.69. The quantitative estimate of drug-likeness (QED) is 0.638. The van der Waals surface area contributed by atoms with Crippen molar-refractivity contribution in [2.24, 2.45) is 4.99 Å². The zero-order valence-electron chi connectivity index (χ0n) is 15.2. The van der Waals surface area contributed by atoms with Gasteiger partial charge in [-0.3, -0.25) is 9.98 Å². The first kappa shape index (κ1) is 17.3. The lowest BCUT2D eigenvalue weighted by Gasteiger charge is -2.28. The molecule has 28 heavy (non-hydrogen) atoms. The van der Waals surface area contributed by atoms with E-state index in [1.807, 2.05) is 36.7 Å². The molecule has 0 radical (unpaired) electrons. The van der Waals surface area contributed by atoms with Crippen molar-refractivity contribution in [3.63, 3.8) is 0 Å². The first-order valence-electron chi connectivity index (χ1n) is 9.24. The number of ether oxygens (including phenoxy) is 1. The molecule has 5 rings (SSSR count). The Kier molecular flexibility index (Phi) is 4.50. The summed E-state index contributed by atoms with van der Waals surface area (Å²) in [7, 11) is 0. The van der Waals surface area contributed by atoms with Gasteiger partial charge in [-0.15, -0.1) is 0 Å². The highest BCUT2D eigenvalue weighted by atomic mass is 35.5. The van der Waals surface area contributed by atoms with Gasteiger partial charge in [0.15, 0.2) is 0 Å². The molecule has 0 spiro atoms. The molecule has 0 atom stereocenters. The van der Waals surface area contributed by atoms with Gasteiger partial charge in [0.05, 0.1) is 31.0 Å². The average molecular weight is 392 g/mol. The molecule has 0 saturated carbocycles. The minimum absolute atomic E-state index is 0.477. The molecule has 3 aromatic heterocycles. The molecule has 0 bridgehead atoms. The van der Waals surface area contributed by atoms with Crippen molar-refractivity contribution in [1.29, 1.82) is 0 Å². The van der Waals surface area contributed by atoms with Gasteiger partial charge in [0.25, 0.3) is 0 Å². The maximum absolute atomic E-state index is 6.45. The summed E-state index contributed by atoms with van der Waals surface area (Å²) in [5.74, 6) is 0.902. The minimum atomic E-state index is 0.477. The van der Waals surface area contributed by atoms with Gasteiger partial charge in [0.1, 0.15) is 11.0 Å². The number of morpholine rings is 1. The van der Waals surface area contributed by atoms with E-state index in [-0.39, 0.29) is 0 Å². The third-order valence-electron chi connectivity index (χ3n) is 5.05. The van der Waals surface area contributed by atoms with Gasteiger partial charge in [-0.05, 0) is 35.9 Å². The number of halogens is 1. The van der Waals surface area contributed by atoms with Crippen LogP contribution >= 0.6 is 11.6 Å². The highest BCUT2D eigenvalue weighted by molar-refractivity contribution is 6.32. The van der Waals surface area contributed by atoms with Crippen LogP contribution in [0.15, 0.2) is 47.7 Å². The predicted molar refractivity (Wildman–Crippen MR) is 112 cm³/mol. The number of allylic oxidation sites excluding steroid dienone is 1. The van der Waals surface area contributed by atoms with E-state index >= 15 is 0 Å². The monoisotopic (exact) mass is 391 g/mol. The van der Waals surface area contributed by atoms with E-state index in [1.54, 1.807) is 6.20 Å². The molecule has 0 unspecified atom stereocenters. The Morgan fingerprint density at radius 1 is 1.04 bits per heavy atom. The van der Waals surface area contributed by atoms with Crippen molar-refractivity contribution in [2.45, 2.75) is 0 Å². The molecular formula is C21H18ClN5O. The fourth-order valence-corrected chi connectivity index (χ4v) is 3.86. The number of nitrogens with zero attached hydrogens (tertiary/aromatic N) is 5. The average Bonchev–Trinajstić information content (AvgIpc) is 3.28. The van der Waals surface area contributed by atoms with E-state index < -0.39 is 0 Å². The Labute approximate surface area is 167 Å². The Bertz CT molecular complexity index is 1110. The van der Waals surface area contributed by atoms with Crippen molar-refractivity contribution in [3.8, 4) is 11.1 Å². The molecule has 2 aliphatic heterocycles. The zero-order chi connectivity index (χ0) is 18.9. The van der Waals surface area contributed by atoms with E-state index in [0.717, 1.165) is 52.2 Å². The van der Waals surface area contributed by atoms with E-state index in [1.165, 1.54) is 0 Å². The lowest BCUT2D eigenvalue weighted by molar-refractivity contribution is 0.122. The van der Waals surface area contributed by atoms with Crippen LogP contribution in [0.4, 0.5) is 5.82 Å². The van der Waals surface area contributed by atoms with Crippen molar-refractivity contribution >= 4 is 40.1 Å². The first-order valence-corrected chi connectivity index (χ1v) is 9.62. The topological polar surface area (TPSA) is 63.5 Å². The van der Waals surface area contributed by atoms with Crippen LogP contribution in [-0.4, -0.2) is 54.0 Å². The van der Waals surface area contributed by atoms with Crippen LogP contribution in [0.25, 0.3) is 27.6 Å². The Morgan fingerprint density at radius 3 is 2.71 bits per heavy atom. The lowest BCUT2D eigenvalue weighted by atomic mass is 10.0. The maximum atomic E-state index is 6.45. The van der Waals surface area contributed by atoms with E-state index in [4.69, 9.17) is 21.3 Å². The molecular weight excluding hydrogens is 374 g/mol. The van der Waals surface area contributed by atoms with E-state index in [2.05, 4.69) is 25.9 Å². The normalized spacial score (nSPS) is 16.6. The Balaban J connectivity index is 1.77. The largest absolute Gasteiger partial charge is 0.378 e. The summed E-state index contributed by atoms with van der Waals surface area (Å²) in [6.07, 6.45) is 7.34. The molecule has 140 valence electrons. The van der Waals surface area contributed by atoms with Crippen molar-refractivity contribution in [2.75, 3.05) is 37.7 Å². The zero-order valence-corrected chi connectivity index (χ0v) is 15.9. The summed E-state index contributed by atoms with van der Waals surface area (Å²) in [6, 6.07) is 7.98. The number of hydrogen-bond acceptors (Lipinski definition) is 6. The molecule has 1 fully saturated rings. The first-order chi connectivity index (χ1) is 13.8.